The van der Waals surface area contributed by atoms with E-state index in [1.165, 1.54) is 6.92 Å². The van der Waals surface area contributed by atoms with Crippen molar-refractivity contribution < 1.29 is 14.3 Å². The Morgan fingerprint density at radius 2 is 1.68 bits per heavy atom. The lowest BCUT2D eigenvalue weighted by Crippen LogP contribution is -2.33. The zero-order valence-electron chi connectivity index (χ0n) is 14.7. The lowest BCUT2D eigenvalue weighted by atomic mass is 10.2. The van der Waals surface area contributed by atoms with E-state index in [0.29, 0.717) is 19.6 Å². The van der Waals surface area contributed by atoms with Crippen molar-refractivity contribution in [2.45, 2.75) is 26.4 Å². The van der Waals surface area contributed by atoms with Crippen molar-refractivity contribution in [1.82, 2.24) is 10.2 Å². The Morgan fingerprint density at radius 1 is 1.00 bits per heavy atom. The van der Waals surface area contributed by atoms with Crippen molar-refractivity contribution in [2.24, 2.45) is 0 Å². The molecule has 132 valence electrons. The van der Waals surface area contributed by atoms with Gasteiger partial charge in [0.2, 0.25) is 11.8 Å². The molecular weight excluding hydrogens is 316 g/mol. The summed E-state index contributed by atoms with van der Waals surface area (Å²) in [6.45, 7) is 2.89. The van der Waals surface area contributed by atoms with Gasteiger partial charge in [-0.1, -0.05) is 42.5 Å². The highest BCUT2D eigenvalue weighted by atomic mass is 16.5. The van der Waals surface area contributed by atoms with Gasteiger partial charge >= 0.3 is 0 Å². The Kier molecular flexibility index (Phi) is 7.01. The van der Waals surface area contributed by atoms with Crippen molar-refractivity contribution in [1.29, 1.82) is 0 Å². The first kappa shape index (κ1) is 18.5. The van der Waals surface area contributed by atoms with E-state index in [4.69, 9.17) is 4.74 Å². The molecule has 2 aromatic rings. The Labute approximate surface area is 148 Å². The van der Waals surface area contributed by atoms with Crippen LogP contribution >= 0.6 is 0 Å². The normalized spacial score (nSPS) is 10.2. The fraction of sp³-hybridized carbons (Fsp3) is 0.300. The average Bonchev–Trinajstić information content (AvgIpc) is 2.64. The van der Waals surface area contributed by atoms with Crippen molar-refractivity contribution in [3.8, 4) is 5.75 Å². The van der Waals surface area contributed by atoms with Crippen LogP contribution in [0.5, 0.6) is 5.75 Å². The number of carbonyl (C=O) groups is 2. The molecule has 0 unspecified atom stereocenters. The number of rotatable bonds is 8. The predicted molar refractivity (Wildman–Crippen MR) is 97.0 cm³/mol. The number of ether oxygens (including phenoxy) is 1. The van der Waals surface area contributed by atoms with E-state index in [1.54, 1.807) is 12.0 Å². The molecule has 0 spiro atoms. The fourth-order valence-corrected chi connectivity index (χ4v) is 2.42. The molecule has 25 heavy (non-hydrogen) atoms. The zero-order valence-corrected chi connectivity index (χ0v) is 14.7. The molecule has 2 aromatic carbocycles. The van der Waals surface area contributed by atoms with Gasteiger partial charge < -0.3 is 15.0 Å². The lowest BCUT2D eigenvalue weighted by molar-refractivity contribution is -0.130. The smallest absolute Gasteiger partial charge is 0.222 e. The van der Waals surface area contributed by atoms with Crippen molar-refractivity contribution in [2.75, 3.05) is 13.7 Å². The second-order valence-corrected chi connectivity index (χ2v) is 5.80. The molecule has 0 radical (unpaired) electrons. The zero-order chi connectivity index (χ0) is 18.1. The topological polar surface area (TPSA) is 58.6 Å². The number of nitrogens with one attached hydrogen (secondary N) is 1. The summed E-state index contributed by atoms with van der Waals surface area (Å²) in [5.41, 5.74) is 2.05. The van der Waals surface area contributed by atoms with Crippen molar-refractivity contribution >= 4 is 11.8 Å². The summed E-state index contributed by atoms with van der Waals surface area (Å²) < 4.78 is 5.13. The second-order valence-electron chi connectivity index (χ2n) is 5.80. The third-order valence-corrected chi connectivity index (χ3v) is 3.92. The maximum atomic E-state index is 12.0. The van der Waals surface area contributed by atoms with E-state index >= 15 is 0 Å². The first-order valence-electron chi connectivity index (χ1n) is 8.27. The summed E-state index contributed by atoms with van der Waals surface area (Å²) in [7, 11) is 1.62. The Morgan fingerprint density at radius 3 is 2.28 bits per heavy atom. The molecule has 0 aromatic heterocycles. The Bertz CT molecular complexity index is 684. The van der Waals surface area contributed by atoms with Gasteiger partial charge in [-0.25, -0.2) is 0 Å². The molecule has 2 rings (SSSR count). The lowest BCUT2D eigenvalue weighted by Gasteiger charge is -2.21. The van der Waals surface area contributed by atoms with E-state index in [-0.39, 0.29) is 18.2 Å². The maximum absolute atomic E-state index is 12.0. The number of hydrogen-bond acceptors (Lipinski definition) is 3. The third-order valence-electron chi connectivity index (χ3n) is 3.92. The van der Waals surface area contributed by atoms with Gasteiger partial charge in [0, 0.05) is 33.0 Å². The van der Waals surface area contributed by atoms with E-state index in [2.05, 4.69) is 5.32 Å². The number of benzene rings is 2. The first-order chi connectivity index (χ1) is 12.1. The molecule has 5 heteroatoms. The highest BCUT2D eigenvalue weighted by Crippen LogP contribution is 2.13. The van der Waals surface area contributed by atoms with Gasteiger partial charge in [-0.15, -0.1) is 0 Å². The largest absolute Gasteiger partial charge is 0.497 e. The van der Waals surface area contributed by atoms with Crippen LogP contribution in [0.3, 0.4) is 0 Å². The third kappa shape index (κ3) is 6.30. The van der Waals surface area contributed by atoms with Gasteiger partial charge in [-0.3, -0.25) is 9.59 Å². The van der Waals surface area contributed by atoms with Gasteiger partial charge in [-0.05, 0) is 23.3 Å². The molecule has 0 aliphatic carbocycles. The number of methoxy groups -OCH3 is 1. The van der Waals surface area contributed by atoms with E-state index in [9.17, 15) is 9.59 Å². The fourth-order valence-electron chi connectivity index (χ4n) is 2.42. The molecule has 0 saturated heterocycles. The van der Waals surface area contributed by atoms with E-state index in [1.807, 2.05) is 54.6 Å². The number of nitrogens with zero attached hydrogens (tertiary/aromatic N) is 1. The summed E-state index contributed by atoms with van der Waals surface area (Å²) >= 11 is 0. The van der Waals surface area contributed by atoms with E-state index in [0.717, 1.165) is 16.9 Å². The highest BCUT2D eigenvalue weighted by molar-refractivity contribution is 5.78. The quantitative estimate of drug-likeness (QED) is 0.804. The van der Waals surface area contributed by atoms with Crippen LogP contribution in [0.2, 0.25) is 0 Å². The maximum Gasteiger partial charge on any atom is 0.222 e. The molecule has 0 fully saturated rings. The second kappa shape index (κ2) is 9.47. The van der Waals surface area contributed by atoms with E-state index < -0.39 is 0 Å². The molecule has 2 amide bonds. The summed E-state index contributed by atoms with van der Waals surface area (Å²) in [5.74, 6) is 0.662. The van der Waals surface area contributed by atoms with Crippen molar-refractivity contribution in [3.05, 3.63) is 65.7 Å². The van der Waals surface area contributed by atoms with Crippen LogP contribution in [0.25, 0.3) is 0 Å². The predicted octanol–water partition coefficient (Wildman–Crippen LogP) is 2.75. The summed E-state index contributed by atoms with van der Waals surface area (Å²) in [5, 5.41) is 2.88. The minimum atomic E-state index is -0.0650. The SMILES string of the molecule is COc1ccc(CN(CCC(=O)NCc2ccccc2)C(C)=O)cc1. The molecule has 0 saturated carbocycles. The Hall–Kier alpha value is -2.82. The number of hydrogen-bond donors (Lipinski definition) is 1. The molecule has 1 N–H and O–H groups in total. The van der Waals surface area contributed by atoms with Crippen LogP contribution < -0.4 is 10.1 Å². The van der Waals surface area contributed by atoms with Gasteiger partial charge in [-0.2, -0.15) is 0 Å². The van der Waals surface area contributed by atoms with Crippen LogP contribution in [0.15, 0.2) is 54.6 Å². The van der Waals surface area contributed by atoms with Gasteiger partial charge in [0.05, 0.1) is 7.11 Å². The molecule has 5 nitrogen and oxygen atoms in total. The van der Waals surface area contributed by atoms with Crippen LogP contribution in [-0.4, -0.2) is 30.4 Å². The molecule has 0 aliphatic heterocycles. The first-order valence-corrected chi connectivity index (χ1v) is 8.27. The standard InChI is InChI=1S/C20H24N2O3/c1-16(23)22(15-18-8-10-19(25-2)11-9-18)13-12-20(24)21-14-17-6-4-3-5-7-17/h3-11H,12-15H2,1-2H3,(H,21,24). The summed E-state index contributed by atoms with van der Waals surface area (Å²) in [6, 6.07) is 17.3. The molecular formula is C20H24N2O3. The van der Waals surface area contributed by atoms with Gasteiger partial charge in [0.25, 0.3) is 0 Å². The molecule has 0 aliphatic rings. The number of amides is 2. The summed E-state index contributed by atoms with van der Waals surface area (Å²) in [4.78, 5) is 25.5. The average molecular weight is 340 g/mol. The highest BCUT2D eigenvalue weighted by Gasteiger charge is 2.12. The number of carbonyl (C=O) groups excluding carboxylic acids is 2. The van der Waals surface area contributed by atoms with Crippen molar-refractivity contribution in [3.63, 3.8) is 0 Å². The molecule has 0 heterocycles. The molecule has 0 atom stereocenters. The van der Waals surface area contributed by atoms with Gasteiger partial charge in [0.15, 0.2) is 0 Å². The monoisotopic (exact) mass is 340 g/mol. The van der Waals surface area contributed by atoms with Crippen LogP contribution in [0, 0.1) is 0 Å². The molecule has 0 bridgehead atoms. The van der Waals surface area contributed by atoms with Gasteiger partial charge in [0.1, 0.15) is 5.75 Å². The van der Waals surface area contributed by atoms with Crippen LogP contribution in [-0.2, 0) is 22.7 Å². The minimum absolute atomic E-state index is 0.0494. The Balaban J connectivity index is 1.82. The van der Waals surface area contributed by atoms with Crippen LogP contribution in [0.4, 0.5) is 0 Å². The van der Waals surface area contributed by atoms with Crippen LogP contribution in [0.1, 0.15) is 24.5 Å². The minimum Gasteiger partial charge on any atom is -0.497 e. The summed E-state index contributed by atoms with van der Waals surface area (Å²) in [6.07, 6.45) is 0.280.